The van der Waals surface area contributed by atoms with Gasteiger partial charge in [0.15, 0.2) is 11.6 Å². The molecule has 10 rings (SSSR count). The molecule has 440 valence electrons. The molecule has 5 aliphatic heterocycles. The number of aliphatic hydroxyl groups is 2. The summed E-state index contributed by atoms with van der Waals surface area (Å²) in [6.07, 6.45) is 9.59. The summed E-state index contributed by atoms with van der Waals surface area (Å²) in [5, 5.41) is 78.1. The number of nitrogens with zero attached hydrogens (tertiary/aromatic N) is 4. The van der Waals surface area contributed by atoms with Crippen LogP contribution in [0.15, 0.2) is 58.3 Å². The van der Waals surface area contributed by atoms with E-state index in [2.05, 4.69) is 5.32 Å². The van der Waals surface area contributed by atoms with Crippen molar-refractivity contribution in [3.63, 3.8) is 0 Å². The smallest absolute Gasteiger partial charge is 0.341 e. The Morgan fingerprint density at radius 3 is 2.21 bits per heavy atom. The summed E-state index contributed by atoms with van der Waals surface area (Å²) < 4.78 is 41.1. The molecule has 1 unspecified atom stereocenters. The lowest BCUT2D eigenvalue weighted by atomic mass is 9.78. The van der Waals surface area contributed by atoms with Gasteiger partial charge < -0.3 is 59.8 Å². The van der Waals surface area contributed by atoms with E-state index < -0.39 is 106 Å². The fourth-order valence-electron chi connectivity index (χ4n) is 12.8. The third-order valence-corrected chi connectivity index (χ3v) is 17.8. The first kappa shape index (κ1) is 59.1. The fraction of sp³-hybridized carbons (Fsp3) is 0.508. The van der Waals surface area contributed by atoms with E-state index in [1.807, 2.05) is 4.90 Å². The van der Waals surface area contributed by atoms with E-state index in [-0.39, 0.29) is 67.8 Å². The van der Waals surface area contributed by atoms with Crippen molar-refractivity contribution in [1.82, 2.24) is 9.41 Å². The van der Waals surface area contributed by atoms with Crippen LogP contribution in [0.1, 0.15) is 129 Å². The number of ether oxygens (including phenoxy) is 4. The first-order chi connectivity index (χ1) is 38.8. The van der Waals surface area contributed by atoms with Crippen LogP contribution < -0.4 is 20.5 Å². The van der Waals surface area contributed by atoms with E-state index in [0.29, 0.717) is 42.9 Å². The number of piperidine rings is 1. The first-order valence-corrected chi connectivity index (χ1v) is 28.0. The predicted octanol–water partition coefficient (Wildman–Crippen LogP) is 7.96. The number of amides is 1. The lowest BCUT2D eigenvalue weighted by molar-refractivity contribution is -0.160. The zero-order chi connectivity index (χ0) is 59.5. The Hall–Kier alpha value is -7.49. The summed E-state index contributed by atoms with van der Waals surface area (Å²) >= 11 is 0. The maximum absolute atomic E-state index is 16.1. The number of phenols is 3. The molecule has 4 aromatic rings. The van der Waals surface area contributed by atoms with Gasteiger partial charge in [0.2, 0.25) is 0 Å². The second-order valence-corrected chi connectivity index (χ2v) is 23.2. The highest BCUT2D eigenvalue weighted by Gasteiger charge is 2.50. The van der Waals surface area contributed by atoms with Gasteiger partial charge in [0.05, 0.1) is 70.4 Å². The fourth-order valence-corrected chi connectivity index (χ4v) is 12.8. The molecule has 82 heavy (non-hydrogen) atoms. The number of aliphatic hydroxyl groups excluding tert-OH is 2. The van der Waals surface area contributed by atoms with Gasteiger partial charge in [-0.25, -0.2) is 9.18 Å². The van der Waals surface area contributed by atoms with Gasteiger partial charge in [0, 0.05) is 87.3 Å². The van der Waals surface area contributed by atoms with Gasteiger partial charge >= 0.3 is 17.7 Å². The highest BCUT2D eigenvalue weighted by molar-refractivity contribution is 6.24. The molecule has 2 aromatic carbocycles. The average Bonchev–Trinajstić information content (AvgIpc) is 4.04. The zero-order valence-electron chi connectivity index (χ0n) is 47.9. The number of anilines is 2. The number of carboxylic acid groups (broad SMARTS) is 1. The normalized spacial score (nSPS) is 29.2. The molecule has 7 heterocycles. The number of aryl methyl sites for hydroxylation is 1. The van der Waals surface area contributed by atoms with Crippen LogP contribution in [0.4, 0.5) is 15.8 Å². The molecule has 2 aromatic heterocycles. The number of rotatable bonds is 8. The topological polar surface area (TPSA) is 279 Å². The minimum Gasteiger partial charge on any atom is -0.507 e. The lowest BCUT2D eigenvalue weighted by Gasteiger charge is -2.38. The van der Waals surface area contributed by atoms with Crippen molar-refractivity contribution < 1.29 is 73.2 Å². The van der Waals surface area contributed by atoms with Crippen LogP contribution in [0.2, 0.25) is 0 Å². The van der Waals surface area contributed by atoms with Crippen molar-refractivity contribution in [2.45, 2.75) is 131 Å². The maximum atomic E-state index is 16.1. The number of aromatic carboxylic acids is 1. The van der Waals surface area contributed by atoms with Gasteiger partial charge in [0.25, 0.3) is 17.2 Å². The molecule has 1 aliphatic carbocycles. The summed E-state index contributed by atoms with van der Waals surface area (Å²) in [4.78, 5) is 68.6. The highest BCUT2D eigenvalue weighted by Crippen LogP contribution is 2.55. The Morgan fingerprint density at radius 2 is 1.56 bits per heavy atom. The molecule has 1 saturated carbocycles. The van der Waals surface area contributed by atoms with Gasteiger partial charge in [-0.15, -0.1) is 0 Å². The maximum Gasteiger partial charge on any atom is 0.341 e. The number of nitrogens with one attached hydrogen (secondary N) is 1. The summed E-state index contributed by atoms with van der Waals surface area (Å²) in [7, 11) is 1.42. The van der Waals surface area contributed by atoms with Crippen LogP contribution in [-0.4, -0.2) is 133 Å². The van der Waals surface area contributed by atoms with Crippen molar-refractivity contribution >= 4 is 57.5 Å². The van der Waals surface area contributed by atoms with Crippen molar-refractivity contribution in [2.24, 2.45) is 40.6 Å². The number of allylic oxidation sites excluding steroid dienone is 2. The quantitative estimate of drug-likeness (QED) is 0.0381. The second-order valence-electron chi connectivity index (χ2n) is 23.2. The number of hydrogen-bond acceptors (Lipinski definition) is 17. The third-order valence-electron chi connectivity index (χ3n) is 17.8. The summed E-state index contributed by atoms with van der Waals surface area (Å²) in [5.41, 5.74) is 0.482. The van der Waals surface area contributed by atoms with Crippen molar-refractivity contribution in [3.8, 4) is 23.0 Å². The Labute approximate surface area is 474 Å². The summed E-state index contributed by atoms with van der Waals surface area (Å²) in [6, 6.07) is 1.45. The number of pyridine rings is 2. The molecule has 7 N–H and O–H groups in total. The van der Waals surface area contributed by atoms with Crippen LogP contribution in [0, 0.1) is 55.2 Å². The number of halogens is 1. The van der Waals surface area contributed by atoms with Crippen LogP contribution in [-0.2, 0) is 23.8 Å². The Balaban J connectivity index is 1.03. The number of carboxylic acids is 1. The number of methoxy groups -OCH3 is 1. The molecule has 5 bridgehead atoms. The number of carbonyl (C=O) groups is 4. The number of phenolic OH excluding ortho intramolecular Hbond substituents is 3. The molecule has 21 heteroatoms. The number of esters is 1. The van der Waals surface area contributed by atoms with Crippen molar-refractivity contribution in [1.29, 1.82) is 0 Å². The van der Waals surface area contributed by atoms with Crippen molar-refractivity contribution in [3.05, 3.63) is 98.0 Å². The first-order valence-electron chi connectivity index (χ1n) is 28.0. The van der Waals surface area contributed by atoms with Gasteiger partial charge in [-0.2, -0.15) is 5.10 Å². The number of benzene rings is 2. The molecule has 6 aliphatic rings. The molecule has 3 fully saturated rings. The van der Waals surface area contributed by atoms with Crippen LogP contribution in [0.25, 0.3) is 16.3 Å². The number of aromatic nitrogens is 1. The zero-order valence-corrected chi connectivity index (χ0v) is 47.9. The van der Waals surface area contributed by atoms with Gasteiger partial charge in [-0.1, -0.05) is 45.9 Å². The van der Waals surface area contributed by atoms with Crippen LogP contribution in [0.3, 0.4) is 0 Å². The highest BCUT2D eigenvalue weighted by atomic mass is 19.1. The number of carbonyl (C=O) groups excluding carboxylic acids is 3. The number of aromatic hydroxyl groups is 3. The second kappa shape index (κ2) is 23.0. The van der Waals surface area contributed by atoms with E-state index in [4.69, 9.17) is 24.0 Å². The number of hydrogen-bond donors (Lipinski definition) is 7. The molecule has 0 radical (unpaired) electrons. The Bertz CT molecular complexity index is 3430. The van der Waals surface area contributed by atoms with E-state index >= 15 is 4.39 Å². The predicted molar refractivity (Wildman–Crippen MR) is 303 cm³/mol. The van der Waals surface area contributed by atoms with Crippen LogP contribution >= 0.6 is 0 Å². The number of fused-ring (bicyclic) bond motifs is 15. The average molecular weight is 1140 g/mol. The Kier molecular flexibility index (Phi) is 16.6. The van der Waals surface area contributed by atoms with Gasteiger partial charge in [0.1, 0.15) is 28.9 Å². The van der Waals surface area contributed by atoms with E-state index in [9.17, 15) is 54.6 Å². The van der Waals surface area contributed by atoms with Crippen LogP contribution in [0.5, 0.6) is 23.0 Å². The summed E-state index contributed by atoms with van der Waals surface area (Å²) in [6.45, 7) is 16.2. The minimum absolute atomic E-state index is 0.0140. The number of ketones is 1. The Morgan fingerprint density at radius 1 is 0.878 bits per heavy atom. The monoisotopic (exact) mass is 1140 g/mol. The number of Topliss-reactive ketones (excluding diaryl/α,β-unsaturated/α-hetero) is 1. The van der Waals surface area contributed by atoms with Crippen molar-refractivity contribution in [2.75, 3.05) is 43.5 Å². The molecule has 10 atom stereocenters. The standard InChI is InChI=1S/C61H74FN5O15/c1-28-12-11-13-29(2)58(75)64-47-41(25-63-66-22-18-38(26-66)36-16-20-65(21-17-36)49-31(4)48-39(37-14-15-37)24-40(60(77)78)59(76)67(48)27-42(49)62)53(72)44-45(54(47)73)52(71)34(7)56-46(44)57(74)61(9,82-56)80-23-19-43(79-10)30(3)55(81-35(8)68)33(6)51(70)32(5)50(28)69/h11-13,19,23-25,27-28,30,32-33,36-38,43,50-51,55,69-73H,14-18,20-22,26H2,1-10H3,(H,64,75)(H,77,78)/b12-11+,23-19+,29-13-,63-25-/t28-,30-,32-,33-,38?,43+,50+,51+,55-,61+/m1/s1. The SMILES string of the molecule is CO[C@H]1/C=C/O[C@@]2(C)Oc3c(C)c(O)c4c(O)c(c(/C=N\N5CCC(C6CCN(c7c(F)cn8c(=O)c(C(=O)O)cc(C9CC9)c8c7C)CC6)C5)c(O)c4c3C2=O)NC(=O)/C(C)=C\C=C\[C@@H](C)[C@H](O)[C@@H](C)[C@H](O)[C@@H](C)[C@H](OC(C)=O)[C@@H]1C. The minimum atomic E-state index is -2.11. The molecular weight excluding hydrogens is 1060 g/mol. The van der Waals surface area contributed by atoms with Gasteiger partial charge in [-0.3, -0.25) is 28.6 Å². The van der Waals surface area contributed by atoms with E-state index in [1.165, 1.54) is 65.5 Å². The molecule has 20 nitrogen and oxygen atoms in total. The third kappa shape index (κ3) is 10.8. The summed E-state index contributed by atoms with van der Waals surface area (Å²) in [5.74, 6) is -10.4. The molecule has 2 saturated heterocycles. The number of hydrazone groups is 1. The van der Waals surface area contributed by atoms with Gasteiger partial charge in [-0.05, 0) is 93.9 Å². The van der Waals surface area contributed by atoms with E-state index in [1.54, 1.807) is 51.8 Å². The largest absolute Gasteiger partial charge is 0.507 e. The molecule has 1 amide bonds. The molecule has 0 spiro atoms. The lowest BCUT2D eigenvalue weighted by Crippen LogP contribution is -2.46. The van der Waals surface area contributed by atoms with E-state index in [0.717, 1.165) is 48.3 Å². The molecular formula is C61H74FN5O15.